The largest absolute Gasteiger partial charge is 0.464 e. The van der Waals surface area contributed by atoms with Crippen LogP contribution in [-0.4, -0.2) is 43.6 Å². The van der Waals surface area contributed by atoms with E-state index in [1.165, 1.54) is 6.92 Å². The second kappa shape index (κ2) is 9.97. The van der Waals surface area contributed by atoms with Crippen LogP contribution in [0.5, 0.6) is 0 Å². The molecule has 1 N–H and O–H groups in total. The van der Waals surface area contributed by atoms with E-state index in [0.717, 1.165) is 0 Å². The van der Waals surface area contributed by atoms with Gasteiger partial charge in [-0.15, -0.1) is 0 Å². The van der Waals surface area contributed by atoms with Crippen molar-refractivity contribution in [3.05, 3.63) is 0 Å². The third-order valence-corrected chi connectivity index (χ3v) is 3.28. The minimum Gasteiger partial charge on any atom is -0.464 e. The summed E-state index contributed by atoms with van der Waals surface area (Å²) in [6, 6.07) is -0.733. The Morgan fingerprint density at radius 1 is 1.28 bits per heavy atom. The number of esters is 1. The van der Waals surface area contributed by atoms with Crippen molar-refractivity contribution in [3.63, 3.8) is 0 Å². The van der Waals surface area contributed by atoms with Crippen LogP contribution >= 0.6 is 7.80 Å². The topological polar surface area (TPSA) is 81.7 Å². The molecule has 0 saturated heterocycles. The van der Waals surface area contributed by atoms with Crippen molar-refractivity contribution in [1.29, 1.82) is 0 Å². The zero-order valence-corrected chi connectivity index (χ0v) is 12.0. The maximum Gasteiger partial charge on any atom is 0.367 e. The van der Waals surface area contributed by atoms with Crippen LogP contribution in [-0.2, 0) is 23.6 Å². The molecule has 0 aliphatic carbocycles. The lowest BCUT2D eigenvalue weighted by Crippen LogP contribution is -2.41. The van der Waals surface area contributed by atoms with Crippen LogP contribution in [0.25, 0.3) is 0 Å². The Bertz CT molecular complexity index is 295. The number of carbonyl (C=O) groups excluding carboxylic acids is 2. The molecule has 0 aliphatic heterocycles. The summed E-state index contributed by atoms with van der Waals surface area (Å²) in [6.07, 6.45) is 0.793. The first-order valence-electron chi connectivity index (χ1n) is 5.94. The van der Waals surface area contributed by atoms with Gasteiger partial charge in [0.25, 0.3) is 0 Å². The van der Waals surface area contributed by atoms with Gasteiger partial charge in [0.1, 0.15) is 6.04 Å². The van der Waals surface area contributed by atoms with E-state index < -0.39 is 19.8 Å². The monoisotopic (exact) mass is 278 g/mol. The zero-order chi connectivity index (χ0) is 14.0. The molecule has 1 amide bonds. The van der Waals surface area contributed by atoms with Crippen molar-refractivity contribution in [1.82, 2.24) is 5.32 Å². The molecule has 6 nitrogen and oxygen atoms in total. The van der Waals surface area contributed by atoms with Crippen LogP contribution < -0.4 is 5.32 Å². The summed E-state index contributed by atoms with van der Waals surface area (Å²) in [5.74, 6) is -0.805. The molecule has 0 fully saturated rings. The van der Waals surface area contributed by atoms with Crippen molar-refractivity contribution in [3.8, 4) is 0 Å². The quantitative estimate of drug-likeness (QED) is 0.507. The second-order valence-corrected chi connectivity index (χ2v) is 5.29. The Hall–Kier alpha value is -1.00. The third-order valence-electron chi connectivity index (χ3n) is 2.06. The molecule has 0 rings (SSSR count). The predicted molar refractivity (Wildman–Crippen MR) is 67.8 cm³/mol. The minimum absolute atomic E-state index is 0.182. The summed E-state index contributed by atoms with van der Waals surface area (Å²) < 4.78 is 21.4. The third kappa shape index (κ3) is 8.14. The second-order valence-electron chi connectivity index (χ2n) is 3.62. The summed E-state index contributed by atoms with van der Waals surface area (Å²) in [5, 5.41) is 2.49. The van der Waals surface area contributed by atoms with Crippen molar-refractivity contribution in [2.45, 2.75) is 33.2 Å². The molecule has 0 aromatic carbocycles. The van der Waals surface area contributed by atoms with Crippen molar-refractivity contribution in [2.24, 2.45) is 0 Å². The fourth-order valence-electron chi connectivity index (χ4n) is 1.27. The lowest BCUT2D eigenvalue weighted by molar-refractivity contribution is -0.147. The van der Waals surface area contributed by atoms with Crippen LogP contribution in [0.1, 0.15) is 27.2 Å². The average molecular weight is 278 g/mol. The highest BCUT2D eigenvalue weighted by atomic mass is 31.1. The Balaban J connectivity index is 4.19. The molecule has 104 valence electrons. The van der Waals surface area contributed by atoms with E-state index >= 15 is 0 Å². The molecule has 2 unspecified atom stereocenters. The van der Waals surface area contributed by atoms with Gasteiger partial charge < -0.3 is 14.8 Å². The van der Waals surface area contributed by atoms with Crippen molar-refractivity contribution >= 4 is 19.7 Å². The molecule has 0 aromatic heterocycles. The van der Waals surface area contributed by atoms with E-state index in [9.17, 15) is 14.2 Å². The van der Waals surface area contributed by atoms with Crippen molar-refractivity contribution < 1.29 is 23.6 Å². The van der Waals surface area contributed by atoms with E-state index in [0.29, 0.717) is 19.2 Å². The number of carbonyl (C=O) groups is 2. The maximum atomic E-state index is 11.5. The number of amides is 1. The molecular formula is C11H21NO5P+. The molecule has 0 radical (unpaired) electrons. The SMILES string of the molecule is CCOC[P+](=O)CCC(NC(C)=O)C(=O)OCC. The predicted octanol–water partition coefficient (Wildman–Crippen LogP) is 1.27. The number of rotatable bonds is 9. The van der Waals surface area contributed by atoms with E-state index in [2.05, 4.69) is 5.32 Å². The smallest absolute Gasteiger partial charge is 0.367 e. The molecule has 7 heteroatoms. The summed E-state index contributed by atoms with van der Waals surface area (Å²) in [4.78, 5) is 22.5. The molecule has 0 spiro atoms. The van der Waals surface area contributed by atoms with E-state index in [1.807, 2.05) is 6.92 Å². The highest BCUT2D eigenvalue weighted by Crippen LogP contribution is 2.22. The summed E-state index contributed by atoms with van der Waals surface area (Å²) >= 11 is 0. The fourth-order valence-corrected chi connectivity index (χ4v) is 2.33. The van der Waals surface area contributed by atoms with Gasteiger partial charge in [0.2, 0.25) is 12.3 Å². The lowest BCUT2D eigenvalue weighted by Gasteiger charge is -2.13. The first-order chi connectivity index (χ1) is 8.51. The molecule has 0 bridgehead atoms. The number of ether oxygens (including phenoxy) is 2. The van der Waals surface area contributed by atoms with Crippen LogP contribution in [0.2, 0.25) is 0 Å². The first kappa shape index (κ1) is 17.0. The van der Waals surface area contributed by atoms with Crippen LogP contribution in [0.4, 0.5) is 0 Å². The number of nitrogens with one attached hydrogen (secondary N) is 1. The fraction of sp³-hybridized carbons (Fsp3) is 0.818. The average Bonchev–Trinajstić information content (AvgIpc) is 2.31. The van der Waals surface area contributed by atoms with Crippen LogP contribution in [0.15, 0.2) is 0 Å². The molecule has 0 heterocycles. The Morgan fingerprint density at radius 2 is 1.94 bits per heavy atom. The standard InChI is InChI=1S/C11H20NO5P/c1-4-16-8-18(15)7-6-10(12-9(3)13)11(14)17-5-2/h10H,4-8H2,1-3H3/p+1. The Morgan fingerprint density at radius 3 is 2.44 bits per heavy atom. The number of hydrogen-bond donors (Lipinski definition) is 1. The van der Waals surface area contributed by atoms with Gasteiger partial charge >= 0.3 is 13.8 Å². The maximum absolute atomic E-state index is 11.5. The highest BCUT2D eigenvalue weighted by Gasteiger charge is 2.25. The van der Waals surface area contributed by atoms with E-state index in [4.69, 9.17) is 9.47 Å². The van der Waals surface area contributed by atoms with Gasteiger partial charge in [-0.2, -0.15) is 0 Å². The number of hydrogen-bond acceptors (Lipinski definition) is 5. The normalized spacial score (nSPS) is 12.7. The van der Waals surface area contributed by atoms with Gasteiger partial charge in [-0.1, -0.05) is 4.57 Å². The highest BCUT2D eigenvalue weighted by molar-refractivity contribution is 7.44. The van der Waals surface area contributed by atoms with Crippen molar-refractivity contribution in [2.75, 3.05) is 25.7 Å². The minimum atomic E-state index is -1.51. The molecular weight excluding hydrogens is 257 g/mol. The molecule has 0 aliphatic rings. The van der Waals surface area contributed by atoms with E-state index in [-0.39, 0.29) is 18.9 Å². The lowest BCUT2D eigenvalue weighted by atomic mass is 10.2. The van der Waals surface area contributed by atoms with Gasteiger partial charge in [0, 0.05) is 20.0 Å². The van der Waals surface area contributed by atoms with Gasteiger partial charge in [-0.05, 0) is 13.8 Å². The summed E-state index contributed by atoms with van der Waals surface area (Å²) in [6.45, 7) is 5.60. The Kier molecular flexibility index (Phi) is 9.42. The van der Waals surface area contributed by atoms with Gasteiger partial charge in [-0.25, -0.2) is 4.79 Å². The van der Waals surface area contributed by atoms with Crippen LogP contribution in [0, 0.1) is 0 Å². The van der Waals surface area contributed by atoms with E-state index in [1.54, 1.807) is 6.92 Å². The molecule has 18 heavy (non-hydrogen) atoms. The van der Waals surface area contributed by atoms with Gasteiger partial charge in [-0.3, -0.25) is 4.79 Å². The Labute approximate surface area is 108 Å². The van der Waals surface area contributed by atoms with Crippen LogP contribution in [0.3, 0.4) is 0 Å². The first-order valence-corrected chi connectivity index (χ1v) is 7.57. The van der Waals surface area contributed by atoms with Gasteiger partial charge in [0.15, 0.2) is 6.16 Å². The zero-order valence-electron chi connectivity index (χ0n) is 11.1. The molecule has 2 atom stereocenters. The molecule has 0 aromatic rings. The summed E-state index contributed by atoms with van der Waals surface area (Å²) in [7, 11) is -1.51. The summed E-state index contributed by atoms with van der Waals surface area (Å²) in [5.41, 5.74) is 0. The van der Waals surface area contributed by atoms with Gasteiger partial charge in [0.05, 0.1) is 6.61 Å². The molecule has 0 saturated carbocycles.